The van der Waals surface area contributed by atoms with Gasteiger partial charge in [0.25, 0.3) is 0 Å². The highest BCUT2D eigenvalue weighted by molar-refractivity contribution is 4.76. The van der Waals surface area contributed by atoms with E-state index in [1.807, 2.05) is 0 Å². The highest BCUT2D eigenvalue weighted by Crippen LogP contribution is 2.10. The van der Waals surface area contributed by atoms with Crippen molar-refractivity contribution in [2.45, 2.75) is 39.5 Å². The lowest BCUT2D eigenvalue weighted by Crippen LogP contribution is -1.90. The second-order valence-corrected chi connectivity index (χ2v) is 2.89. The van der Waals surface area contributed by atoms with Crippen LogP contribution in [0.2, 0.25) is 0 Å². The molecule has 0 aliphatic carbocycles. The van der Waals surface area contributed by atoms with Crippen LogP contribution in [0.1, 0.15) is 39.5 Å². The molecule has 10 heavy (non-hydrogen) atoms. The quantitative estimate of drug-likeness (QED) is 0.403. The fraction of sp³-hybridized carbons (Fsp3) is 0.700. The molecule has 0 heteroatoms. The monoisotopic (exact) mass is 139 g/mol. The highest BCUT2D eigenvalue weighted by atomic mass is 14.0. The molecule has 0 spiro atoms. The molecular formula is C10H19. The fourth-order valence-electron chi connectivity index (χ4n) is 0.895. The Morgan fingerprint density at radius 1 is 1.50 bits per heavy atom. The van der Waals surface area contributed by atoms with E-state index in [9.17, 15) is 0 Å². The summed E-state index contributed by atoms with van der Waals surface area (Å²) in [5.74, 6) is 0.810. The second-order valence-electron chi connectivity index (χ2n) is 2.89. The number of unbranched alkanes of at least 4 members (excludes halogenated alkanes) is 1. The first kappa shape index (κ1) is 9.74. The molecule has 0 aromatic rings. The fourth-order valence-corrected chi connectivity index (χ4v) is 0.895. The van der Waals surface area contributed by atoms with Crippen molar-refractivity contribution < 1.29 is 0 Å². The second kappa shape index (κ2) is 6.85. The van der Waals surface area contributed by atoms with Crippen LogP contribution in [-0.4, -0.2) is 0 Å². The van der Waals surface area contributed by atoms with Crippen LogP contribution in [0.25, 0.3) is 0 Å². The molecule has 1 unspecified atom stereocenters. The number of rotatable bonds is 5. The smallest absolute Gasteiger partial charge is 0.0351 e. The third kappa shape index (κ3) is 5.87. The van der Waals surface area contributed by atoms with Crippen molar-refractivity contribution in [3.05, 3.63) is 19.1 Å². The van der Waals surface area contributed by atoms with Crippen molar-refractivity contribution in [2.75, 3.05) is 0 Å². The van der Waals surface area contributed by atoms with Gasteiger partial charge in [0.05, 0.1) is 0 Å². The summed E-state index contributed by atoms with van der Waals surface area (Å²) in [5.41, 5.74) is 0. The van der Waals surface area contributed by atoms with E-state index < -0.39 is 0 Å². The normalized spacial score (nSPS) is 14.3. The Morgan fingerprint density at radius 3 is 2.70 bits per heavy atom. The molecule has 0 rings (SSSR count). The Labute approximate surface area is 65.3 Å². The molecule has 0 heterocycles. The maximum atomic E-state index is 3.87. The van der Waals surface area contributed by atoms with Crippen LogP contribution in [0.4, 0.5) is 0 Å². The van der Waals surface area contributed by atoms with Crippen LogP contribution in [0, 0.1) is 12.8 Å². The summed E-state index contributed by atoms with van der Waals surface area (Å²) in [6.45, 7) is 8.21. The predicted octanol–water partition coefficient (Wildman–Crippen LogP) is 3.59. The summed E-state index contributed by atoms with van der Waals surface area (Å²) in [4.78, 5) is 0. The van der Waals surface area contributed by atoms with Gasteiger partial charge in [0, 0.05) is 0 Å². The van der Waals surface area contributed by atoms with Crippen molar-refractivity contribution in [3.63, 3.8) is 0 Å². The summed E-state index contributed by atoms with van der Waals surface area (Å²) >= 11 is 0. The van der Waals surface area contributed by atoms with E-state index in [-0.39, 0.29) is 0 Å². The Morgan fingerprint density at radius 2 is 2.20 bits per heavy atom. The average Bonchev–Trinajstić information content (AvgIpc) is 1.98. The highest BCUT2D eigenvalue weighted by Gasteiger charge is 1.95. The molecular weight excluding hydrogens is 120 g/mol. The van der Waals surface area contributed by atoms with E-state index in [0.29, 0.717) is 0 Å². The van der Waals surface area contributed by atoms with Gasteiger partial charge in [-0.15, -0.1) is 0 Å². The average molecular weight is 139 g/mol. The Kier molecular flexibility index (Phi) is 6.68. The van der Waals surface area contributed by atoms with E-state index in [2.05, 4.69) is 32.9 Å². The van der Waals surface area contributed by atoms with E-state index in [0.717, 1.165) is 12.3 Å². The molecule has 1 radical (unpaired) electrons. The van der Waals surface area contributed by atoms with Crippen molar-refractivity contribution in [1.29, 1.82) is 0 Å². The zero-order chi connectivity index (χ0) is 7.82. The molecule has 0 aromatic heterocycles. The van der Waals surface area contributed by atoms with Gasteiger partial charge >= 0.3 is 0 Å². The minimum Gasteiger partial charge on any atom is -0.0917 e. The molecule has 0 saturated carbocycles. The first-order valence-corrected chi connectivity index (χ1v) is 4.21. The van der Waals surface area contributed by atoms with Crippen LogP contribution in [0.5, 0.6) is 0 Å². The zero-order valence-electron chi connectivity index (χ0n) is 7.27. The molecule has 0 aliphatic heterocycles. The van der Waals surface area contributed by atoms with Crippen LogP contribution >= 0.6 is 0 Å². The topological polar surface area (TPSA) is 0 Å². The third-order valence-corrected chi connectivity index (χ3v) is 1.80. The van der Waals surface area contributed by atoms with E-state index in [4.69, 9.17) is 0 Å². The Balaban J connectivity index is 3.03. The van der Waals surface area contributed by atoms with Gasteiger partial charge < -0.3 is 0 Å². The van der Waals surface area contributed by atoms with Crippen LogP contribution < -0.4 is 0 Å². The van der Waals surface area contributed by atoms with Crippen LogP contribution in [0.3, 0.4) is 0 Å². The molecule has 0 N–H and O–H groups in total. The lowest BCUT2D eigenvalue weighted by molar-refractivity contribution is 0.518. The van der Waals surface area contributed by atoms with Crippen LogP contribution in [0.15, 0.2) is 12.2 Å². The van der Waals surface area contributed by atoms with Crippen molar-refractivity contribution in [2.24, 2.45) is 5.92 Å². The molecule has 0 aliphatic rings. The van der Waals surface area contributed by atoms with Crippen molar-refractivity contribution >= 4 is 0 Å². The van der Waals surface area contributed by atoms with Crippen molar-refractivity contribution in [3.8, 4) is 0 Å². The minimum atomic E-state index is 0.810. The van der Waals surface area contributed by atoms with E-state index >= 15 is 0 Å². The van der Waals surface area contributed by atoms with Gasteiger partial charge in [-0.25, -0.2) is 0 Å². The molecule has 59 valence electrons. The predicted molar refractivity (Wildman–Crippen MR) is 47.8 cm³/mol. The van der Waals surface area contributed by atoms with Crippen LogP contribution in [-0.2, 0) is 0 Å². The lowest BCUT2D eigenvalue weighted by Gasteiger charge is -2.04. The van der Waals surface area contributed by atoms with Gasteiger partial charge in [-0.3, -0.25) is 0 Å². The van der Waals surface area contributed by atoms with Gasteiger partial charge in [0.15, 0.2) is 0 Å². The maximum Gasteiger partial charge on any atom is -0.0351 e. The van der Waals surface area contributed by atoms with Gasteiger partial charge in [-0.1, -0.05) is 38.8 Å². The molecule has 0 bridgehead atoms. The van der Waals surface area contributed by atoms with Gasteiger partial charge in [-0.2, -0.15) is 0 Å². The Hall–Kier alpha value is -0.260. The van der Waals surface area contributed by atoms with Gasteiger partial charge in [-0.05, 0) is 25.7 Å². The van der Waals surface area contributed by atoms with E-state index in [1.54, 1.807) is 0 Å². The number of allylic oxidation sites excluding steroid dienone is 2. The zero-order valence-corrected chi connectivity index (χ0v) is 7.27. The standard InChI is InChI=1S/C10H19/c1-4-6-7-8-9-10(3)5-2/h4,6,10H,2,5,7-9H2,1,3H3/b6-4+. The lowest BCUT2D eigenvalue weighted by atomic mass is 10.0. The molecule has 0 amide bonds. The number of hydrogen-bond donors (Lipinski definition) is 0. The summed E-state index contributed by atoms with van der Waals surface area (Å²) in [6, 6.07) is 0. The Bertz CT molecular complexity index is 82.0. The molecule has 0 fully saturated rings. The third-order valence-electron chi connectivity index (χ3n) is 1.80. The number of hydrogen-bond acceptors (Lipinski definition) is 0. The summed E-state index contributed by atoms with van der Waals surface area (Å²) in [5, 5.41) is 0. The molecule has 0 aromatic carbocycles. The van der Waals surface area contributed by atoms with Gasteiger partial charge in [0.2, 0.25) is 0 Å². The summed E-state index contributed by atoms with van der Waals surface area (Å²) in [7, 11) is 0. The minimum absolute atomic E-state index is 0.810. The molecule has 1 atom stereocenters. The van der Waals surface area contributed by atoms with Gasteiger partial charge in [0.1, 0.15) is 0 Å². The largest absolute Gasteiger partial charge is 0.0917 e. The molecule has 0 saturated heterocycles. The van der Waals surface area contributed by atoms with E-state index in [1.165, 1.54) is 19.3 Å². The SMILES string of the molecule is [CH2]CC(C)CCC/C=C/C. The maximum absolute atomic E-state index is 3.87. The first-order chi connectivity index (χ1) is 4.81. The summed E-state index contributed by atoms with van der Waals surface area (Å²) < 4.78 is 0. The summed E-state index contributed by atoms with van der Waals surface area (Å²) in [6.07, 6.45) is 9.32. The van der Waals surface area contributed by atoms with Crippen molar-refractivity contribution in [1.82, 2.24) is 0 Å². The first-order valence-electron chi connectivity index (χ1n) is 4.21. The molecule has 0 nitrogen and oxygen atoms in total.